The first-order valence-corrected chi connectivity index (χ1v) is 6.75. The smallest absolute Gasteiger partial charge is 0.273 e. The third kappa shape index (κ3) is 3.66. The first kappa shape index (κ1) is 15.6. The number of hydrogen-bond donors (Lipinski definition) is 1. The highest BCUT2D eigenvalue weighted by molar-refractivity contribution is 5.96. The highest BCUT2D eigenvalue weighted by Gasteiger charge is 2.17. The molecule has 0 aliphatic rings. The number of nitrogens with zero attached hydrogens (tertiary/aromatic N) is 1. The lowest BCUT2D eigenvalue weighted by Crippen LogP contribution is -2.26. The van der Waals surface area contributed by atoms with Crippen LogP contribution in [0.25, 0.3) is 0 Å². The van der Waals surface area contributed by atoms with E-state index in [1.807, 2.05) is 0 Å². The van der Waals surface area contributed by atoms with Crippen molar-refractivity contribution in [2.24, 2.45) is 0 Å². The Hall–Kier alpha value is -2.76. The highest BCUT2D eigenvalue weighted by Crippen LogP contribution is 2.20. The van der Waals surface area contributed by atoms with E-state index >= 15 is 0 Å². The fourth-order valence-corrected chi connectivity index (χ4v) is 2.18. The van der Waals surface area contributed by atoms with Gasteiger partial charge in [-0.05, 0) is 37.1 Å². The Bertz CT molecular complexity index is 716. The molecule has 114 valence electrons. The molecule has 2 rings (SSSR count). The number of nitro groups is 1. The summed E-state index contributed by atoms with van der Waals surface area (Å²) < 4.78 is 13.0. The van der Waals surface area contributed by atoms with Crippen LogP contribution in [0.5, 0.6) is 0 Å². The van der Waals surface area contributed by atoms with E-state index < -0.39 is 4.92 Å². The normalized spacial score (nSPS) is 10.3. The third-order valence-corrected chi connectivity index (χ3v) is 3.33. The number of carbonyl (C=O) groups is 1. The van der Waals surface area contributed by atoms with Gasteiger partial charge in [0, 0.05) is 23.7 Å². The van der Waals surface area contributed by atoms with E-state index in [-0.39, 0.29) is 23.0 Å². The largest absolute Gasteiger partial charge is 0.352 e. The van der Waals surface area contributed by atoms with Crippen LogP contribution in [0.3, 0.4) is 0 Å². The molecule has 0 bridgehead atoms. The Morgan fingerprint density at radius 3 is 2.68 bits per heavy atom. The van der Waals surface area contributed by atoms with Crippen LogP contribution in [0.4, 0.5) is 10.1 Å². The molecule has 0 aromatic heterocycles. The van der Waals surface area contributed by atoms with Gasteiger partial charge in [0.25, 0.3) is 11.6 Å². The van der Waals surface area contributed by atoms with Crippen LogP contribution in [0, 0.1) is 22.9 Å². The summed E-state index contributed by atoms with van der Waals surface area (Å²) in [5.74, 6) is -0.698. The topological polar surface area (TPSA) is 72.2 Å². The Morgan fingerprint density at radius 2 is 2.00 bits per heavy atom. The summed E-state index contributed by atoms with van der Waals surface area (Å²) in [6, 6.07) is 10.5. The van der Waals surface area contributed by atoms with Gasteiger partial charge in [0.2, 0.25) is 0 Å². The van der Waals surface area contributed by atoms with Crippen molar-refractivity contribution in [2.45, 2.75) is 13.3 Å². The molecule has 0 aliphatic carbocycles. The second-order valence-electron chi connectivity index (χ2n) is 4.84. The van der Waals surface area contributed by atoms with E-state index in [9.17, 15) is 19.3 Å². The first-order valence-electron chi connectivity index (χ1n) is 6.75. The lowest BCUT2D eigenvalue weighted by atomic mass is 10.1. The average molecular weight is 302 g/mol. The second kappa shape index (κ2) is 6.80. The molecule has 0 fully saturated rings. The number of halogens is 1. The minimum Gasteiger partial charge on any atom is -0.352 e. The average Bonchev–Trinajstić information content (AvgIpc) is 2.47. The minimum atomic E-state index is -0.515. The van der Waals surface area contributed by atoms with Crippen LogP contribution in [-0.4, -0.2) is 17.4 Å². The van der Waals surface area contributed by atoms with Gasteiger partial charge in [0.1, 0.15) is 5.82 Å². The van der Waals surface area contributed by atoms with Gasteiger partial charge in [-0.2, -0.15) is 0 Å². The SMILES string of the molecule is Cc1c(C(=O)NCCc2cccc(F)c2)cccc1[N+](=O)[O-]. The predicted molar refractivity (Wildman–Crippen MR) is 80.3 cm³/mol. The number of hydrogen-bond acceptors (Lipinski definition) is 3. The summed E-state index contributed by atoms with van der Waals surface area (Å²) in [5, 5.41) is 13.6. The van der Waals surface area contributed by atoms with Crippen LogP contribution in [-0.2, 0) is 6.42 Å². The van der Waals surface area contributed by atoms with Crippen molar-refractivity contribution in [2.75, 3.05) is 6.54 Å². The molecule has 5 nitrogen and oxygen atoms in total. The number of rotatable bonds is 5. The van der Waals surface area contributed by atoms with Crippen LogP contribution in [0.15, 0.2) is 42.5 Å². The molecule has 2 aromatic rings. The van der Waals surface area contributed by atoms with E-state index in [0.717, 1.165) is 5.56 Å². The summed E-state index contributed by atoms with van der Waals surface area (Å²) in [7, 11) is 0. The predicted octanol–water partition coefficient (Wildman–Crippen LogP) is 3.01. The standard InChI is InChI=1S/C16H15FN2O3/c1-11-14(6-3-7-15(11)19(21)22)16(20)18-9-8-12-4-2-5-13(17)10-12/h2-7,10H,8-9H2,1H3,(H,18,20). The van der Waals surface area contributed by atoms with Gasteiger partial charge in [0.05, 0.1) is 4.92 Å². The Labute approximate surface area is 126 Å². The zero-order valence-corrected chi connectivity index (χ0v) is 12.0. The van der Waals surface area contributed by atoms with Crippen LogP contribution >= 0.6 is 0 Å². The number of benzene rings is 2. The number of nitro benzene ring substituents is 1. The molecule has 0 radical (unpaired) electrons. The van der Waals surface area contributed by atoms with Crippen molar-refractivity contribution in [1.82, 2.24) is 5.32 Å². The Balaban J connectivity index is 2.01. The third-order valence-electron chi connectivity index (χ3n) is 3.33. The number of nitrogens with one attached hydrogen (secondary N) is 1. The van der Waals surface area contributed by atoms with Gasteiger partial charge in [-0.15, -0.1) is 0 Å². The van der Waals surface area contributed by atoms with Gasteiger partial charge in [-0.25, -0.2) is 4.39 Å². The maximum Gasteiger partial charge on any atom is 0.273 e. The second-order valence-corrected chi connectivity index (χ2v) is 4.84. The molecule has 1 amide bonds. The Morgan fingerprint density at radius 1 is 1.27 bits per heavy atom. The Kier molecular flexibility index (Phi) is 4.83. The summed E-state index contributed by atoms with van der Waals surface area (Å²) in [4.78, 5) is 22.4. The molecule has 22 heavy (non-hydrogen) atoms. The zero-order chi connectivity index (χ0) is 16.1. The monoisotopic (exact) mass is 302 g/mol. The quantitative estimate of drug-likeness (QED) is 0.681. The molecular weight excluding hydrogens is 287 g/mol. The van der Waals surface area contributed by atoms with Crippen molar-refractivity contribution in [1.29, 1.82) is 0 Å². The maximum absolute atomic E-state index is 13.0. The van der Waals surface area contributed by atoms with Gasteiger partial charge < -0.3 is 5.32 Å². The highest BCUT2D eigenvalue weighted by atomic mass is 19.1. The maximum atomic E-state index is 13.0. The fourth-order valence-electron chi connectivity index (χ4n) is 2.18. The van der Waals surface area contributed by atoms with Crippen molar-refractivity contribution in [3.8, 4) is 0 Å². The molecule has 0 saturated heterocycles. The van der Waals surface area contributed by atoms with E-state index in [0.29, 0.717) is 18.5 Å². The molecule has 0 atom stereocenters. The van der Waals surface area contributed by atoms with Crippen molar-refractivity contribution in [3.05, 3.63) is 75.1 Å². The molecule has 6 heteroatoms. The van der Waals surface area contributed by atoms with E-state index in [1.54, 1.807) is 25.1 Å². The van der Waals surface area contributed by atoms with Gasteiger partial charge in [-0.1, -0.05) is 18.2 Å². The van der Waals surface area contributed by atoms with Crippen molar-refractivity contribution >= 4 is 11.6 Å². The summed E-state index contributed by atoms with van der Waals surface area (Å²) in [5.41, 5.74) is 1.29. The molecule has 0 unspecified atom stereocenters. The van der Waals surface area contributed by atoms with Gasteiger partial charge in [-0.3, -0.25) is 14.9 Å². The minimum absolute atomic E-state index is 0.0854. The molecule has 1 N–H and O–H groups in total. The summed E-state index contributed by atoms with van der Waals surface area (Å²) in [6.07, 6.45) is 0.484. The van der Waals surface area contributed by atoms with Crippen molar-refractivity contribution in [3.63, 3.8) is 0 Å². The lowest BCUT2D eigenvalue weighted by molar-refractivity contribution is -0.385. The van der Waals surface area contributed by atoms with Gasteiger partial charge >= 0.3 is 0 Å². The van der Waals surface area contributed by atoms with Crippen LogP contribution in [0.1, 0.15) is 21.5 Å². The van der Waals surface area contributed by atoms with Crippen LogP contribution in [0.2, 0.25) is 0 Å². The molecular formula is C16H15FN2O3. The van der Waals surface area contributed by atoms with E-state index in [4.69, 9.17) is 0 Å². The molecule has 0 spiro atoms. The number of carbonyl (C=O) groups excluding carboxylic acids is 1. The molecule has 2 aromatic carbocycles. The summed E-state index contributed by atoms with van der Waals surface area (Å²) >= 11 is 0. The first-order chi connectivity index (χ1) is 10.5. The van der Waals surface area contributed by atoms with E-state index in [1.165, 1.54) is 24.3 Å². The van der Waals surface area contributed by atoms with Crippen molar-refractivity contribution < 1.29 is 14.1 Å². The van der Waals surface area contributed by atoms with Crippen LogP contribution < -0.4 is 5.32 Å². The van der Waals surface area contributed by atoms with E-state index in [2.05, 4.69) is 5.32 Å². The molecule has 0 saturated carbocycles. The molecule has 0 aliphatic heterocycles. The lowest BCUT2D eigenvalue weighted by Gasteiger charge is -2.08. The number of amides is 1. The zero-order valence-electron chi connectivity index (χ0n) is 12.0. The fraction of sp³-hybridized carbons (Fsp3) is 0.188. The molecule has 0 heterocycles. The summed E-state index contributed by atoms with van der Waals surface area (Å²) in [6.45, 7) is 1.87. The van der Waals surface area contributed by atoms with Gasteiger partial charge in [0.15, 0.2) is 0 Å².